The third-order valence-electron chi connectivity index (χ3n) is 8.95. The van der Waals surface area contributed by atoms with Gasteiger partial charge in [-0.25, -0.2) is 4.90 Å². The van der Waals surface area contributed by atoms with Gasteiger partial charge in [-0.05, 0) is 60.6 Å². The van der Waals surface area contributed by atoms with Gasteiger partial charge in [-0.15, -0.1) is 0 Å². The number of phenols is 1. The Hall–Kier alpha value is -4.56. The van der Waals surface area contributed by atoms with Gasteiger partial charge in [0, 0.05) is 23.6 Å². The summed E-state index contributed by atoms with van der Waals surface area (Å²) in [5.74, 6) is -1.61. The van der Waals surface area contributed by atoms with Crippen molar-refractivity contribution >= 4 is 34.8 Å². The predicted octanol–water partition coefficient (Wildman–Crippen LogP) is 6.94. The van der Waals surface area contributed by atoms with Crippen LogP contribution in [0.1, 0.15) is 50.2 Å². The highest BCUT2D eigenvalue weighted by Crippen LogP contribution is 2.51. The molecule has 8 nitrogen and oxygen atoms in total. The number of hydrogen-bond acceptors (Lipinski definition) is 6. The van der Waals surface area contributed by atoms with E-state index in [2.05, 4.69) is 19.1 Å². The number of allylic oxidation sites excluding steroid dienone is 2. The van der Waals surface area contributed by atoms with Crippen LogP contribution in [0.4, 0.5) is 11.4 Å². The fourth-order valence-electron chi connectivity index (χ4n) is 7.05. The van der Waals surface area contributed by atoms with Gasteiger partial charge in [-0.3, -0.25) is 19.7 Å². The summed E-state index contributed by atoms with van der Waals surface area (Å²) in [6, 6.07) is 23.1. The minimum Gasteiger partial charge on any atom is -0.507 e. The molecule has 3 aromatic carbocycles. The Balaban J connectivity index is 1.29. The number of carbonyl (C=O) groups excluding carboxylic acids is 2. The largest absolute Gasteiger partial charge is 0.507 e. The predicted molar refractivity (Wildman–Crippen MR) is 164 cm³/mol. The van der Waals surface area contributed by atoms with Gasteiger partial charge in [0.2, 0.25) is 11.8 Å². The molecule has 0 bridgehead atoms. The highest BCUT2D eigenvalue weighted by atomic mass is 16.6. The van der Waals surface area contributed by atoms with Gasteiger partial charge in [-0.2, -0.15) is 0 Å². The molecule has 43 heavy (non-hydrogen) atoms. The molecule has 0 radical (unpaired) electrons. The van der Waals surface area contributed by atoms with E-state index in [0.29, 0.717) is 25.9 Å². The van der Waals surface area contributed by atoms with Crippen molar-refractivity contribution in [3.05, 3.63) is 111 Å². The lowest BCUT2D eigenvalue weighted by Crippen LogP contribution is -2.34. The van der Waals surface area contributed by atoms with E-state index in [9.17, 15) is 24.8 Å². The van der Waals surface area contributed by atoms with Gasteiger partial charge in [-0.1, -0.05) is 73.5 Å². The first-order valence-electron chi connectivity index (χ1n) is 14.9. The molecule has 0 saturated carbocycles. The van der Waals surface area contributed by atoms with E-state index in [1.54, 1.807) is 18.2 Å². The number of hydrogen-bond donors (Lipinski definition) is 1. The average molecular weight is 579 g/mol. The van der Waals surface area contributed by atoms with E-state index in [-0.39, 0.29) is 41.0 Å². The SMILES string of the molecule is CCCC1=C2[C@@H](CC/C(=C/c3ccccc3O)c3ccccc3)OC[C@@H]2[C@@H]2C(=O)N(c3cccc([N+](=O)[O-])c3)C(=O)[C@@H]2C1. The number of non-ortho nitro benzene ring substituents is 1. The molecule has 220 valence electrons. The van der Waals surface area contributed by atoms with Crippen LogP contribution < -0.4 is 4.90 Å². The average Bonchev–Trinajstić information content (AvgIpc) is 3.55. The topological polar surface area (TPSA) is 110 Å². The summed E-state index contributed by atoms with van der Waals surface area (Å²) in [7, 11) is 0. The van der Waals surface area contributed by atoms with Crippen LogP contribution in [0.2, 0.25) is 0 Å². The van der Waals surface area contributed by atoms with Crippen LogP contribution in [0.15, 0.2) is 90.0 Å². The van der Waals surface area contributed by atoms with Crippen molar-refractivity contribution in [3.63, 3.8) is 0 Å². The van der Waals surface area contributed by atoms with Gasteiger partial charge in [0.15, 0.2) is 0 Å². The Morgan fingerprint density at radius 2 is 1.79 bits per heavy atom. The Bertz CT molecular complexity index is 1630. The molecule has 0 spiro atoms. The molecule has 1 N–H and O–H groups in total. The molecule has 2 heterocycles. The van der Waals surface area contributed by atoms with Crippen LogP contribution in [-0.2, 0) is 14.3 Å². The van der Waals surface area contributed by atoms with Crippen LogP contribution in [0.3, 0.4) is 0 Å². The zero-order chi connectivity index (χ0) is 30.1. The maximum absolute atomic E-state index is 13.9. The summed E-state index contributed by atoms with van der Waals surface area (Å²) in [6.07, 6.45) is 5.46. The molecule has 3 aromatic rings. The number of nitro benzene ring substituents is 1. The number of rotatable bonds is 9. The van der Waals surface area contributed by atoms with E-state index in [1.807, 2.05) is 36.4 Å². The summed E-state index contributed by atoms with van der Waals surface area (Å²) in [4.78, 5) is 39.5. The van der Waals surface area contributed by atoms with Crippen LogP contribution in [0.25, 0.3) is 11.6 Å². The van der Waals surface area contributed by atoms with E-state index >= 15 is 0 Å². The van der Waals surface area contributed by atoms with Crippen LogP contribution in [0.5, 0.6) is 5.75 Å². The number of para-hydroxylation sites is 1. The summed E-state index contributed by atoms with van der Waals surface area (Å²) in [6.45, 7) is 2.47. The fraction of sp³-hybridized carbons (Fsp3) is 0.314. The Morgan fingerprint density at radius 3 is 2.53 bits per heavy atom. The first kappa shape index (κ1) is 28.6. The van der Waals surface area contributed by atoms with Crippen LogP contribution in [-0.4, -0.2) is 34.6 Å². The number of anilines is 1. The smallest absolute Gasteiger partial charge is 0.271 e. The zero-order valence-corrected chi connectivity index (χ0v) is 24.0. The third kappa shape index (κ3) is 5.39. The molecule has 4 atom stereocenters. The lowest BCUT2D eigenvalue weighted by Gasteiger charge is -2.32. The lowest BCUT2D eigenvalue weighted by atomic mass is 9.68. The van der Waals surface area contributed by atoms with Gasteiger partial charge < -0.3 is 9.84 Å². The number of benzene rings is 3. The number of fused-ring (bicyclic) bond motifs is 3. The van der Waals surface area contributed by atoms with Crippen molar-refractivity contribution in [1.82, 2.24) is 0 Å². The maximum atomic E-state index is 13.9. The highest BCUT2D eigenvalue weighted by Gasteiger charge is 2.57. The summed E-state index contributed by atoms with van der Waals surface area (Å²) in [5.41, 5.74) is 5.32. The lowest BCUT2D eigenvalue weighted by molar-refractivity contribution is -0.384. The van der Waals surface area contributed by atoms with Crippen molar-refractivity contribution in [2.24, 2.45) is 17.8 Å². The van der Waals surface area contributed by atoms with Gasteiger partial charge in [0.25, 0.3) is 5.69 Å². The number of nitro groups is 1. The number of amides is 2. The van der Waals surface area contributed by atoms with E-state index in [1.165, 1.54) is 23.8 Å². The maximum Gasteiger partial charge on any atom is 0.271 e. The molecule has 8 heteroatoms. The minimum absolute atomic E-state index is 0.159. The number of phenolic OH excluding ortho intramolecular Hbond substituents is 1. The van der Waals surface area contributed by atoms with Crippen molar-refractivity contribution in [2.45, 2.75) is 45.1 Å². The van der Waals surface area contributed by atoms with Crippen molar-refractivity contribution in [1.29, 1.82) is 0 Å². The van der Waals surface area contributed by atoms with E-state index in [0.717, 1.165) is 40.0 Å². The molecular formula is C35H34N2O6. The second-order valence-electron chi connectivity index (χ2n) is 11.5. The number of aromatic hydroxyl groups is 1. The van der Waals surface area contributed by atoms with Gasteiger partial charge in [0.1, 0.15) is 5.75 Å². The number of ether oxygens (including phenoxy) is 1. The number of carbonyl (C=O) groups is 2. The summed E-state index contributed by atoms with van der Waals surface area (Å²) >= 11 is 0. The molecule has 2 aliphatic heterocycles. The van der Waals surface area contributed by atoms with Crippen molar-refractivity contribution in [3.8, 4) is 5.75 Å². The standard InChI is InChI=1S/C35H34N2O6/c1-2-9-25-19-28-33(35(40)36(34(28)39)26-13-8-14-27(20-26)37(41)42)29-21-43-31(32(25)29)17-16-23(22-10-4-3-5-11-22)18-24-12-6-7-15-30(24)38/h3-8,10-15,18,20,28-29,31,33,38H,2,9,16-17,19,21H2,1H3/b23-18-/t28-,29+,31-,33-/m1/s1. The van der Waals surface area contributed by atoms with Crippen LogP contribution in [0, 0.1) is 27.9 Å². The fourth-order valence-corrected chi connectivity index (χ4v) is 7.05. The second-order valence-corrected chi connectivity index (χ2v) is 11.5. The third-order valence-corrected chi connectivity index (χ3v) is 8.95. The molecule has 0 unspecified atom stereocenters. The molecule has 2 amide bonds. The second kappa shape index (κ2) is 12.0. The number of nitrogens with zero attached hydrogens (tertiary/aromatic N) is 2. The van der Waals surface area contributed by atoms with Gasteiger partial charge in [0.05, 0.1) is 35.2 Å². The highest BCUT2D eigenvalue weighted by molar-refractivity contribution is 6.22. The summed E-state index contributed by atoms with van der Waals surface area (Å²) < 4.78 is 6.41. The van der Waals surface area contributed by atoms with Crippen LogP contribution >= 0.6 is 0 Å². The first-order valence-corrected chi connectivity index (χ1v) is 14.9. The quantitative estimate of drug-likeness (QED) is 0.0968. The normalized spacial score (nSPS) is 23.5. The molecule has 0 aromatic heterocycles. The van der Waals surface area contributed by atoms with Crippen molar-refractivity contribution < 1.29 is 24.4 Å². The first-order chi connectivity index (χ1) is 20.9. The molecule has 2 saturated heterocycles. The van der Waals surface area contributed by atoms with E-state index < -0.39 is 16.8 Å². The Morgan fingerprint density at radius 1 is 1.02 bits per heavy atom. The Labute approximate surface area is 250 Å². The molecule has 6 rings (SSSR count). The van der Waals surface area contributed by atoms with Gasteiger partial charge >= 0.3 is 0 Å². The van der Waals surface area contributed by atoms with Crippen molar-refractivity contribution in [2.75, 3.05) is 11.5 Å². The molecular weight excluding hydrogens is 544 g/mol. The molecule has 3 aliphatic rings. The minimum atomic E-state index is -0.544. The molecule has 2 fully saturated rings. The summed E-state index contributed by atoms with van der Waals surface area (Å²) in [5, 5.41) is 21.8. The zero-order valence-electron chi connectivity index (χ0n) is 24.0. The monoisotopic (exact) mass is 578 g/mol. The van der Waals surface area contributed by atoms with E-state index in [4.69, 9.17) is 4.74 Å². The molecule has 1 aliphatic carbocycles. The number of imide groups is 1. The Kier molecular flexibility index (Phi) is 7.95.